The third kappa shape index (κ3) is 2.88. The van der Waals surface area contributed by atoms with Crippen LogP contribution in [0.1, 0.15) is 69.9 Å². The number of rotatable bonds is 2. The normalized spacial score (nSPS) is 17.5. The number of hydrogen-bond donors (Lipinski definition) is 0. The minimum Gasteiger partial charge on any atom is -0.450 e. The zero-order chi connectivity index (χ0) is 15.0. The maximum atomic E-state index is 6.13. The summed E-state index contributed by atoms with van der Waals surface area (Å²) in [5.41, 5.74) is 4.14. The van der Waals surface area contributed by atoms with E-state index in [2.05, 4.69) is 45.2 Å². The fourth-order valence-corrected chi connectivity index (χ4v) is 4.16. The van der Waals surface area contributed by atoms with E-state index in [0.29, 0.717) is 5.92 Å². The number of hydrogen-bond acceptors (Lipinski definition) is 2. The Hall–Kier alpha value is -0.890. The van der Waals surface area contributed by atoms with Gasteiger partial charge in [0, 0.05) is 10.9 Å². The molecule has 0 saturated heterocycles. The summed E-state index contributed by atoms with van der Waals surface area (Å²) in [5.74, 6) is 0.692. The van der Waals surface area contributed by atoms with Crippen molar-refractivity contribution in [3.8, 4) is 0 Å². The quantitative estimate of drug-likeness (QED) is 0.587. The monoisotopic (exact) mass is 302 g/mol. The van der Waals surface area contributed by atoms with E-state index in [4.69, 9.17) is 4.42 Å². The SMILES string of the molecule is CSc1oc2ccc(C(C)(C)C)cc2c1C1CCCCC1. The molecule has 3 rings (SSSR count). The minimum absolute atomic E-state index is 0.189. The zero-order valence-corrected chi connectivity index (χ0v) is 14.5. The lowest BCUT2D eigenvalue weighted by atomic mass is 9.82. The van der Waals surface area contributed by atoms with Gasteiger partial charge >= 0.3 is 0 Å². The van der Waals surface area contributed by atoms with Gasteiger partial charge in [-0.3, -0.25) is 0 Å². The Bertz CT molecular complexity index is 627. The standard InChI is InChI=1S/C19H26OS/c1-19(2,3)14-10-11-16-15(12-14)17(18(20-16)21-4)13-8-6-5-7-9-13/h10-13H,5-9H2,1-4H3. The van der Waals surface area contributed by atoms with Crippen molar-refractivity contribution in [1.82, 2.24) is 0 Å². The lowest BCUT2D eigenvalue weighted by molar-refractivity contribution is 0.422. The van der Waals surface area contributed by atoms with Gasteiger partial charge in [-0.15, -0.1) is 0 Å². The summed E-state index contributed by atoms with van der Waals surface area (Å²) >= 11 is 1.76. The molecule has 114 valence electrons. The predicted molar refractivity (Wildman–Crippen MR) is 92.5 cm³/mol. The average molecular weight is 302 g/mol. The van der Waals surface area contributed by atoms with E-state index < -0.39 is 0 Å². The Morgan fingerprint density at radius 2 is 1.81 bits per heavy atom. The number of benzene rings is 1. The highest BCUT2D eigenvalue weighted by Crippen LogP contribution is 2.43. The first-order valence-electron chi connectivity index (χ1n) is 8.11. The third-order valence-electron chi connectivity index (χ3n) is 4.76. The van der Waals surface area contributed by atoms with Crippen LogP contribution in [0.3, 0.4) is 0 Å². The van der Waals surface area contributed by atoms with Crippen LogP contribution >= 0.6 is 11.8 Å². The molecular weight excluding hydrogens is 276 g/mol. The second kappa shape index (κ2) is 5.72. The summed E-state index contributed by atoms with van der Waals surface area (Å²) in [6.07, 6.45) is 8.90. The number of fused-ring (bicyclic) bond motifs is 1. The van der Waals surface area contributed by atoms with Crippen molar-refractivity contribution in [2.75, 3.05) is 6.26 Å². The molecule has 0 bridgehead atoms. The van der Waals surface area contributed by atoms with E-state index in [1.54, 1.807) is 11.8 Å². The second-order valence-corrected chi connectivity index (χ2v) is 8.08. The van der Waals surface area contributed by atoms with E-state index in [0.717, 1.165) is 10.7 Å². The molecule has 1 fully saturated rings. The van der Waals surface area contributed by atoms with E-state index in [-0.39, 0.29) is 5.41 Å². The van der Waals surface area contributed by atoms with Crippen LogP contribution in [0.25, 0.3) is 11.0 Å². The molecule has 1 aliphatic rings. The molecule has 2 heteroatoms. The van der Waals surface area contributed by atoms with Gasteiger partial charge in [-0.1, -0.05) is 57.9 Å². The first kappa shape index (κ1) is 15.0. The van der Waals surface area contributed by atoms with Crippen molar-refractivity contribution in [3.05, 3.63) is 29.3 Å². The highest BCUT2D eigenvalue weighted by Gasteiger charge is 2.25. The van der Waals surface area contributed by atoms with Crippen LogP contribution in [-0.2, 0) is 5.41 Å². The zero-order valence-electron chi connectivity index (χ0n) is 13.7. The third-order valence-corrected chi connectivity index (χ3v) is 5.43. The Labute approximate surface area is 132 Å². The molecule has 1 aromatic heterocycles. The summed E-state index contributed by atoms with van der Waals surface area (Å²) in [4.78, 5) is 0. The molecule has 21 heavy (non-hydrogen) atoms. The highest BCUT2D eigenvalue weighted by atomic mass is 32.2. The molecule has 0 radical (unpaired) electrons. The van der Waals surface area contributed by atoms with Crippen molar-refractivity contribution in [2.24, 2.45) is 0 Å². The maximum Gasteiger partial charge on any atom is 0.164 e. The molecule has 2 aromatic rings. The minimum atomic E-state index is 0.189. The van der Waals surface area contributed by atoms with Gasteiger partial charge < -0.3 is 4.42 Å². The molecule has 1 aromatic carbocycles. The van der Waals surface area contributed by atoms with Gasteiger partial charge in [0.2, 0.25) is 0 Å². The number of furan rings is 1. The van der Waals surface area contributed by atoms with E-state index in [9.17, 15) is 0 Å². The van der Waals surface area contributed by atoms with Crippen LogP contribution in [0.5, 0.6) is 0 Å². The molecule has 1 aliphatic carbocycles. The molecule has 0 N–H and O–H groups in total. The van der Waals surface area contributed by atoms with Gasteiger partial charge in [-0.2, -0.15) is 0 Å². The number of thioether (sulfide) groups is 1. The molecule has 1 saturated carbocycles. The van der Waals surface area contributed by atoms with E-state index in [1.165, 1.54) is 48.6 Å². The van der Waals surface area contributed by atoms with Gasteiger partial charge in [0.25, 0.3) is 0 Å². The van der Waals surface area contributed by atoms with Crippen LogP contribution in [0.2, 0.25) is 0 Å². The van der Waals surface area contributed by atoms with Crippen LogP contribution in [0, 0.1) is 0 Å². The van der Waals surface area contributed by atoms with Gasteiger partial charge in [0.15, 0.2) is 5.09 Å². The molecule has 1 nitrogen and oxygen atoms in total. The Kier molecular flexibility index (Phi) is 4.09. The molecule has 0 amide bonds. The van der Waals surface area contributed by atoms with Crippen LogP contribution in [0.4, 0.5) is 0 Å². The van der Waals surface area contributed by atoms with Crippen molar-refractivity contribution < 1.29 is 4.42 Å². The summed E-state index contributed by atoms with van der Waals surface area (Å²) < 4.78 is 6.13. The molecule has 0 spiro atoms. The van der Waals surface area contributed by atoms with Crippen LogP contribution < -0.4 is 0 Å². The summed E-state index contributed by atoms with van der Waals surface area (Å²) in [5, 5.41) is 2.50. The lowest BCUT2D eigenvalue weighted by Gasteiger charge is -2.22. The summed E-state index contributed by atoms with van der Waals surface area (Å²) in [6, 6.07) is 6.77. The lowest BCUT2D eigenvalue weighted by Crippen LogP contribution is -2.11. The Balaban J connectivity index is 2.14. The van der Waals surface area contributed by atoms with Crippen molar-refractivity contribution in [1.29, 1.82) is 0 Å². The molecule has 0 unspecified atom stereocenters. The predicted octanol–water partition coefficient (Wildman–Crippen LogP) is 6.50. The molecule has 1 heterocycles. The Morgan fingerprint density at radius 3 is 2.43 bits per heavy atom. The maximum absolute atomic E-state index is 6.13. The molecule has 0 atom stereocenters. The largest absolute Gasteiger partial charge is 0.450 e. The second-order valence-electron chi connectivity index (χ2n) is 7.30. The van der Waals surface area contributed by atoms with Crippen molar-refractivity contribution in [3.63, 3.8) is 0 Å². The van der Waals surface area contributed by atoms with Gasteiger partial charge in [-0.25, -0.2) is 0 Å². The summed E-state index contributed by atoms with van der Waals surface area (Å²) in [7, 11) is 0. The highest BCUT2D eigenvalue weighted by molar-refractivity contribution is 7.98. The fourth-order valence-electron chi connectivity index (χ4n) is 3.49. The first-order chi connectivity index (χ1) is 10.0. The topological polar surface area (TPSA) is 13.1 Å². The van der Waals surface area contributed by atoms with Crippen molar-refractivity contribution >= 4 is 22.7 Å². The first-order valence-corrected chi connectivity index (χ1v) is 9.34. The molecular formula is C19H26OS. The summed E-state index contributed by atoms with van der Waals surface area (Å²) in [6.45, 7) is 6.85. The molecule has 0 aliphatic heterocycles. The Morgan fingerprint density at radius 1 is 1.10 bits per heavy atom. The van der Waals surface area contributed by atoms with Gasteiger partial charge in [0.1, 0.15) is 5.58 Å². The van der Waals surface area contributed by atoms with Crippen LogP contribution in [-0.4, -0.2) is 6.26 Å². The van der Waals surface area contributed by atoms with Gasteiger partial charge in [-0.05, 0) is 48.1 Å². The van der Waals surface area contributed by atoms with Crippen LogP contribution in [0.15, 0.2) is 27.7 Å². The fraction of sp³-hybridized carbons (Fsp3) is 0.579. The van der Waals surface area contributed by atoms with E-state index >= 15 is 0 Å². The van der Waals surface area contributed by atoms with Crippen molar-refractivity contribution in [2.45, 2.75) is 69.3 Å². The van der Waals surface area contributed by atoms with Gasteiger partial charge in [0.05, 0.1) is 0 Å². The smallest absolute Gasteiger partial charge is 0.164 e. The average Bonchev–Trinajstić information content (AvgIpc) is 2.84. The van der Waals surface area contributed by atoms with E-state index in [1.807, 2.05) is 0 Å².